The quantitative estimate of drug-likeness (QED) is 0.743. The van der Waals surface area contributed by atoms with Crippen LogP contribution in [0.2, 0.25) is 0 Å². The molecule has 1 saturated carbocycles. The van der Waals surface area contributed by atoms with Gasteiger partial charge in [-0.3, -0.25) is 0 Å². The van der Waals surface area contributed by atoms with E-state index in [9.17, 15) is 0 Å². The van der Waals surface area contributed by atoms with Gasteiger partial charge in [0.05, 0.1) is 12.4 Å². The summed E-state index contributed by atoms with van der Waals surface area (Å²) in [6.07, 6.45) is 5.50. The van der Waals surface area contributed by atoms with Crippen LogP contribution in [-0.2, 0) is 0 Å². The van der Waals surface area contributed by atoms with Gasteiger partial charge in [-0.25, -0.2) is 9.97 Å². The fourth-order valence-corrected chi connectivity index (χ4v) is 1.52. The van der Waals surface area contributed by atoms with E-state index in [1.165, 1.54) is 19.0 Å². The Morgan fingerprint density at radius 3 is 2.80 bits per heavy atom. The molecule has 0 amide bonds. The van der Waals surface area contributed by atoms with Crippen molar-refractivity contribution in [3.63, 3.8) is 0 Å². The maximum atomic E-state index is 8.56. The van der Waals surface area contributed by atoms with E-state index in [2.05, 4.69) is 15.3 Å². The van der Waals surface area contributed by atoms with Crippen molar-refractivity contribution in [3.05, 3.63) is 18.1 Å². The highest BCUT2D eigenvalue weighted by Crippen LogP contribution is 2.33. The van der Waals surface area contributed by atoms with Gasteiger partial charge in [0.2, 0.25) is 0 Å². The summed E-state index contributed by atoms with van der Waals surface area (Å²) in [6.45, 7) is 0.604. The first-order valence-electron chi connectivity index (χ1n) is 5.02. The van der Waals surface area contributed by atoms with Gasteiger partial charge in [0.25, 0.3) is 0 Å². The molecule has 1 unspecified atom stereocenters. The minimum absolute atomic E-state index is 0.284. The normalized spacial score (nSPS) is 16.8. The standard InChI is InChI=1S/C10H13N5/c11-3-8-5-14-10(6-13-8)15-9(4-12)7-1-2-7/h5-7,9H,1-2,4,12H2,(H,14,15). The molecule has 0 spiro atoms. The van der Waals surface area contributed by atoms with Gasteiger partial charge in [-0.2, -0.15) is 5.26 Å². The second-order valence-corrected chi connectivity index (χ2v) is 3.72. The largest absolute Gasteiger partial charge is 0.365 e. The van der Waals surface area contributed by atoms with Crippen LogP contribution in [-0.4, -0.2) is 22.6 Å². The van der Waals surface area contributed by atoms with Gasteiger partial charge in [0, 0.05) is 12.6 Å². The summed E-state index contributed by atoms with van der Waals surface area (Å²) in [7, 11) is 0. The zero-order valence-corrected chi connectivity index (χ0v) is 8.35. The Morgan fingerprint density at radius 1 is 1.53 bits per heavy atom. The van der Waals surface area contributed by atoms with E-state index in [0.717, 1.165) is 0 Å². The number of nitrogens with two attached hydrogens (primary N) is 1. The molecule has 15 heavy (non-hydrogen) atoms. The first kappa shape index (κ1) is 9.87. The Hall–Kier alpha value is -1.67. The van der Waals surface area contributed by atoms with Crippen molar-refractivity contribution in [1.82, 2.24) is 9.97 Å². The molecule has 5 nitrogen and oxygen atoms in total. The molecular formula is C10H13N5. The number of hydrogen-bond donors (Lipinski definition) is 2. The van der Waals surface area contributed by atoms with Gasteiger partial charge in [0.15, 0.2) is 5.69 Å². The highest BCUT2D eigenvalue weighted by Gasteiger charge is 2.30. The maximum Gasteiger partial charge on any atom is 0.158 e. The average molecular weight is 203 g/mol. The van der Waals surface area contributed by atoms with Crippen molar-refractivity contribution >= 4 is 5.82 Å². The molecule has 3 N–H and O–H groups in total. The summed E-state index contributed by atoms with van der Waals surface area (Å²) in [4.78, 5) is 8.03. The summed E-state index contributed by atoms with van der Waals surface area (Å²) in [5.41, 5.74) is 5.98. The van der Waals surface area contributed by atoms with Crippen LogP contribution in [0.1, 0.15) is 18.5 Å². The van der Waals surface area contributed by atoms with Crippen molar-refractivity contribution in [1.29, 1.82) is 5.26 Å². The number of anilines is 1. The van der Waals surface area contributed by atoms with Crippen LogP contribution in [0.15, 0.2) is 12.4 Å². The fourth-order valence-electron chi connectivity index (χ4n) is 1.52. The molecule has 2 rings (SSSR count). The lowest BCUT2D eigenvalue weighted by molar-refractivity contribution is 0.642. The Morgan fingerprint density at radius 2 is 2.33 bits per heavy atom. The van der Waals surface area contributed by atoms with Gasteiger partial charge in [-0.1, -0.05) is 0 Å². The minimum Gasteiger partial charge on any atom is -0.365 e. The molecule has 1 aromatic heterocycles. The highest BCUT2D eigenvalue weighted by atomic mass is 15.0. The van der Waals surface area contributed by atoms with E-state index < -0.39 is 0 Å². The van der Waals surface area contributed by atoms with Crippen molar-refractivity contribution in [2.45, 2.75) is 18.9 Å². The molecule has 1 aliphatic rings. The van der Waals surface area contributed by atoms with Gasteiger partial charge in [-0.15, -0.1) is 0 Å². The summed E-state index contributed by atoms with van der Waals surface area (Å²) >= 11 is 0. The molecule has 1 aliphatic carbocycles. The monoisotopic (exact) mass is 203 g/mol. The molecule has 0 bridgehead atoms. The van der Waals surface area contributed by atoms with Gasteiger partial charge in [0.1, 0.15) is 11.9 Å². The van der Waals surface area contributed by atoms with Crippen molar-refractivity contribution in [2.75, 3.05) is 11.9 Å². The summed E-state index contributed by atoms with van der Waals surface area (Å²) < 4.78 is 0. The van der Waals surface area contributed by atoms with E-state index in [1.54, 1.807) is 6.20 Å². The van der Waals surface area contributed by atoms with Crippen LogP contribution in [0.4, 0.5) is 5.82 Å². The molecule has 1 heterocycles. The summed E-state index contributed by atoms with van der Waals surface area (Å²) in [5.74, 6) is 1.36. The third-order valence-electron chi connectivity index (χ3n) is 2.54. The topological polar surface area (TPSA) is 87.6 Å². The lowest BCUT2D eigenvalue weighted by atomic mass is 10.2. The third-order valence-corrected chi connectivity index (χ3v) is 2.54. The molecule has 0 radical (unpaired) electrons. The Bertz CT molecular complexity index is 362. The predicted octanol–water partition coefficient (Wildman–Crippen LogP) is 0.497. The van der Waals surface area contributed by atoms with Crippen LogP contribution in [0.5, 0.6) is 0 Å². The number of nitrogens with zero attached hydrogens (tertiary/aromatic N) is 3. The van der Waals surface area contributed by atoms with E-state index in [-0.39, 0.29) is 6.04 Å². The number of aromatic nitrogens is 2. The molecule has 0 aliphatic heterocycles. The van der Waals surface area contributed by atoms with Crippen LogP contribution < -0.4 is 11.1 Å². The van der Waals surface area contributed by atoms with E-state index in [1.807, 2.05) is 6.07 Å². The molecule has 1 fully saturated rings. The number of rotatable bonds is 4. The SMILES string of the molecule is N#Cc1cnc(NC(CN)C2CC2)cn1. The molecule has 78 valence electrons. The second kappa shape index (κ2) is 4.24. The molecule has 0 saturated heterocycles. The number of nitriles is 1. The summed E-state index contributed by atoms with van der Waals surface area (Å²) in [6, 6.07) is 2.21. The van der Waals surface area contributed by atoms with E-state index in [0.29, 0.717) is 24.0 Å². The zero-order chi connectivity index (χ0) is 10.7. The Balaban J connectivity index is 2.00. The predicted molar refractivity (Wildman–Crippen MR) is 55.9 cm³/mol. The van der Waals surface area contributed by atoms with Crippen LogP contribution in [0, 0.1) is 17.2 Å². The van der Waals surface area contributed by atoms with Crippen molar-refractivity contribution < 1.29 is 0 Å². The molecule has 1 atom stereocenters. The van der Waals surface area contributed by atoms with Gasteiger partial charge in [-0.05, 0) is 18.8 Å². The third kappa shape index (κ3) is 2.42. The van der Waals surface area contributed by atoms with Crippen molar-refractivity contribution in [3.8, 4) is 6.07 Å². The number of hydrogen-bond acceptors (Lipinski definition) is 5. The highest BCUT2D eigenvalue weighted by molar-refractivity contribution is 5.35. The Labute approximate surface area is 88.3 Å². The smallest absolute Gasteiger partial charge is 0.158 e. The van der Waals surface area contributed by atoms with Crippen LogP contribution in [0.25, 0.3) is 0 Å². The number of nitrogens with one attached hydrogen (secondary N) is 1. The molecule has 1 aromatic rings. The lowest BCUT2D eigenvalue weighted by Crippen LogP contribution is -2.31. The summed E-state index contributed by atoms with van der Waals surface area (Å²) in [5, 5.41) is 11.8. The van der Waals surface area contributed by atoms with Gasteiger partial charge >= 0.3 is 0 Å². The van der Waals surface area contributed by atoms with E-state index >= 15 is 0 Å². The molecular weight excluding hydrogens is 190 g/mol. The first-order valence-corrected chi connectivity index (χ1v) is 5.02. The minimum atomic E-state index is 0.284. The molecule has 0 aromatic carbocycles. The van der Waals surface area contributed by atoms with Gasteiger partial charge < -0.3 is 11.1 Å². The zero-order valence-electron chi connectivity index (χ0n) is 8.35. The molecule has 5 heteroatoms. The first-order chi connectivity index (χ1) is 7.33. The van der Waals surface area contributed by atoms with E-state index in [4.69, 9.17) is 11.0 Å². The van der Waals surface area contributed by atoms with Crippen LogP contribution >= 0.6 is 0 Å². The van der Waals surface area contributed by atoms with Crippen LogP contribution in [0.3, 0.4) is 0 Å². The van der Waals surface area contributed by atoms with Crippen molar-refractivity contribution in [2.24, 2.45) is 11.7 Å². The average Bonchev–Trinajstić information content (AvgIpc) is 3.10. The second-order valence-electron chi connectivity index (χ2n) is 3.72. The fraction of sp³-hybridized carbons (Fsp3) is 0.500. The maximum absolute atomic E-state index is 8.56. The lowest BCUT2D eigenvalue weighted by Gasteiger charge is -2.15. The Kier molecular flexibility index (Phi) is 2.79.